The topological polar surface area (TPSA) is 119 Å². The molecule has 3 aliphatic rings. The minimum absolute atomic E-state index is 0.0482. The smallest absolute Gasteiger partial charge is 0.383 e. The standard InChI is InChI=1S/C15H19N4O6P/c1-15(17-2)12-10(8-22-26(21,25-12)24-9-4-3-5-9)23-13(15)19-7-6-11(16)18-14(19)20/h6-7,9-10,12-13H,3-5,8H2,1H3,(H2,16,18,20)/t10-,12-,13-,15-,26?/m1/s1. The number of anilines is 1. The summed E-state index contributed by atoms with van der Waals surface area (Å²) in [7, 11) is -3.78. The van der Waals surface area contributed by atoms with Crippen molar-refractivity contribution >= 4 is 13.6 Å². The van der Waals surface area contributed by atoms with Gasteiger partial charge in [0.15, 0.2) is 6.10 Å². The van der Waals surface area contributed by atoms with Crippen LogP contribution in [-0.4, -0.2) is 40.0 Å². The summed E-state index contributed by atoms with van der Waals surface area (Å²) < 4.78 is 36.3. The summed E-state index contributed by atoms with van der Waals surface area (Å²) in [5.41, 5.74) is 3.57. The summed E-state index contributed by atoms with van der Waals surface area (Å²) in [6.07, 6.45) is 1.38. The highest BCUT2D eigenvalue weighted by Gasteiger charge is 2.66. The zero-order chi connectivity index (χ0) is 18.5. The zero-order valence-corrected chi connectivity index (χ0v) is 15.0. The summed E-state index contributed by atoms with van der Waals surface area (Å²) >= 11 is 0. The van der Waals surface area contributed by atoms with Crippen molar-refractivity contribution in [2.24, 2.45) is 0 Å². The maximum atomic E-state index is 12.8. The van der Waals surface area contributed by atoms with Gasteiger partial charge in [-0.1, -0.05) is 0 Å². The van der Waals surface area contributed by atoms with Crippen molar-refractivity contribution in [2.45, 2.75) is 56.3 Å². The lowest BCUT2D eigenvalue weighted by Gasteiger charge is -2.35. The van der Waals surface area contributed by atoms with E-state index in [-0.39, 0.29) is 18.5 Å². The molecule has 3 heterocycles. The number of hydrogen-bond acceptors (Lipinski definition) is 8. The number of phosphoric ester groups is 1. The number of fused-ring (bicyclic) bond motifs is 1. The summed E-state index contributed by atoms with van der Waals surface area (Å²) in [4.78, 5) is 19.5. The van der Waals surface area contributed by atoms with Gasteiger partial charge in [0.25, 0.3) is 0 Å². The third-order valence-electron chi connectivity index (χ3n) is 5.03. The minimum Gasteiger partial charge on any atom is -0.383 e. The molecule has 1 aromatic heterocycles. The monoisotopic (exact) mass is 382 g/mol. The van der Waals surface area contributed by atoms with Crippen molar-refractivity contribution in [3.8, 4) is 0 Å². The zero-order valence-electron chi connectivity index (χ0n) is 14.1. The molecule has 0 amide bonds. The lowest BCUT2D eigenvalue weighted by Crippen LogP contribution is -2.47. The van der Waals surface area contributed by atoms with Crippen LogP contribution in [0.2, 0.25) is 0 Å². The largest absolute Gasteiger partial charge is 0.475 e. The number of hydrogen-bond donors (Lipinski definition) is 1. The SMILES string of the molecule is [C-]#[N+][C@]1(C)[C@@H]2OP(=O)(OC3CCC3)OC[C@H]2O[C@H]1n1ccc(N)nc1=O. The van der Waals surface area contributed by atoms with Crippen molar-refractivity contribution in [3.63, 3.8) is 0 Å². The van der Waals surface area contributed by atoms with Crippen LogP contribution in [0.15, 0.2) is 17.1 Å². The van der Waals surface area contributed by atoms with E-state index in [9.17, 15) is 9.36 Å². The van der Waals surface area contributed by atoms with Crippen LogP contribution in [0.1, 0.15) is 32.4 Å². The molecule has 2 aliphatic heterocycles. The fourth-order valence-electron chi connectivity index (χ4n) is 3.31. The second kappa shape index (κ2) is 6.15. The third kappa shape index (κ3) is 2.76. The lowest BCUT2D eigenvalue weighted by molar-refractivity contribution is -0.0799. The Morgan fingerprint density at radius 2 is 2.31 bits per heavy atom. The fourth-order valence-corrected chi connectivity index (χ4v) is 5.02. The molecular weight excluding hydrogens is 363 g/mol. The van der Waals surface area contributed by atoms with Gasteiger partial charge in [0.2, 0.25) is 6.23 Å². The maximum absolute atomic E-state index is 12.8. The number of rotatable bonds is 3. The highest BCUT2D eigenvalue weighted by molar-refractivity contribution is 7.48. The van der Waals surface area contributed by atoms with Gasteiger partial charge >= 0.3 is 19.1 Å². The Morgan fingerprint density at radius 1 is 1.54 bits per heavy atom. The summed E-state index contributed by atoms with van der Waals surface area (Å²) in [6, 6.07) is 1.44. The number of ether oxygens (including phenoxy) is 1. The number of aromatic nitrogens is 2. The first-order valence-corrected chi connectivity index (χ1v) is 9.81. The molecule has 1 aliphatic carbocycles. The first kappa shape index (κ1) is 17.6. The Morgan fingerprint density at radius 3 is 2.92 bits per heavy atom. The molecule has 0 aromatic carbocycles. The molecular formula is C15H19N4O6P. The molecule has 5 atom stereocenters. The van der Waals surface area contributed by atoms with Gasteiger partial charge in [0.05, 0.1) is 12.7 Å². The van der Waals surface area contributed by atoms with Crippen LogP contribution < -0.4 is 11.4 Å². The molecule has 26 heavy (non-hydrogen) atoms. The highest BCUT2D eigenvalue weighted by Crippen LogP contribution is 2.61. The molecule has 0 bridgehead atoms. The van der Waals surface area contributed by atoms with Gasteiger partial charge in [-0.3, -0.25) is 18.1 Å². The van der Waals surface area contributed by atoms with E-state index in [1.54, 1.807) is 6.92 Å². The number of nitrogens with zero attached hydrogens (tertiary/aromatic N) is 3. The third-order valence-corrected chi connectivity index (χ3v) is 6.54. The number of phosphoric acid groups is 1. The van der Waals surface area contributed by atoms with Crippen molar-refractivity contribution in [3.05, 3.63) is 34.2 Å². The summed E-state index contributed by atoms with van der Waals surface area (Å²) in [5.74, 6) is 0.0733. The van der Waals surface area contributed by atoms with Gasteiger partial charge in [-0.15, -0.1) is 0 Å². The van der Waals surface area contributed by atoms with Gasteiger partial charge in [-0.25, -0.2) is 15.9 Å². The van der Waals surface area contributed by atoms with Gasteiger partial charge < -0.3 is 15.3 Å². The highest BCUT2D eigenvalue weighted by atomic mass is 31.2. The molecule has 0 spiro atoms. The van der Waals surface area contributed by atoms with Crippen LogP contribution >= 0.6 is 7.82 Å². The van der Waals surface area contributed by atoms with Crippen LogP contribution in [0, 0.1) is 6.57 Å². The molecule has 2 saturated heterocycles. The van der Waals surface area contributed by atoms with E-state index >= 15 is 0 Å². The van der Waals surface area contributed by atoms with Crippen LogP contribution in [0.25, 0.3) is 4.85 Å². The lowest BCUT2D eigenvalue weighted by atomic mass is 9.93. The van der Waals surface area contributed by atoms with E-state index in [1.165, 1.54) is 16.8 Å². The van der Waals surface area contributed by atoms with Crippen molar-refractivity contribution < 1.29 is 22.9 Å². The summed E-state index contributed by atoms with van der Waals surface area (Å²) in [5, 5.41) is 0. The molecule has 1 unspecified atom stereocenters. The second-order valence-corrected chi connectivity index (χ2v) is 8.41. The average molecular weight is 382 g/mol. The van der Waals surface area contributed by atoms with E-state index in [4.69, 9.17) is 30.6 Å². The van der Waals surface area contributed by atoms with E-state index in [2.05, 4.69) is 9.83 Å². The average Bonchev–Trinajstić information content (AvgIpc) is 2.84. The van der Waals surface area contributed by atoms with Crippen molar-refractivity contribution in [1.29, 1.82) is 0 Å². The first-order chi connectivity index (χ1) is 12.3. The maximum Gasteiger partial charge on any atom is 0.475 e. The molecule has 1 aromatic rings. The molecule has 3 fully saturated rings. The second-order valence-electron chi connectivity index (χ2n) is 6.83. The first-order valence-electron chi connectivity index (χ1n) is 8.35. The Labute approximate surface area is 149 Å². The van der Waals surface area contributed by atoms with E-state index in [0.29, 0.717) is 0 Å². The van der Waals surface area contributed by atoms with Gasteiger partial charge in [0, 0.05) is 13.1 Å². The van der Waals surface area contributed by atoms with E-state index in [1.807, 2.05) is 0 Å². The Hall–Kier alpha value is -1.76. The molecule has 0 radical (unpaired) electrons. The van der Waals surface area contributed by atoms with E-state index in [0.717, 1.165) is 19.3 Å². The van der Waals surface area contributed by atoms with Gasteiger partial charge in [-0.2, -0.15) is 4.98 Å². The van der Waals surface area contributed by atoms with Crippen molar-refractivity contribution in [2.75, 3.05) is 12.3 Å². The predicted molar refractivity (Wildman–Crippen MR) is 89.0 cm³/mol. The summed E-state index contributed by atoms with van der Waals surface area (Å²) in [6.45, 7) is 9.21. The van der Waals surface area contributed by atoms with Crippen molar-refractivity contribution in [1.82, 2.24) is 9.55 Å². The molecule has 4 rings (SSSR count). The minimum atomic E-state index is -3.78. The Kier molecular flexibility index (Phi) is 4.17. The molecule has 140 valence electrons. The van der Waals surface area contributed by atoms with Gasteiger partial charge in [-0.05, 0) is 25.3 Å². The molecule has 2 N–H and O–H groups in total. The molecule has 1 saturated carbocycles. The van der Waals surface area contributed by atoms with Gasteiger partial charge in [0.1, 0.15) is 11.9 Å². The Bertz CT molecular complexity index is 864. The molecule has 11 heteroatoms. The quantitative estimate of drug-likeness (QED) is 0.617. The van der Waals surface area contributed by atoms with Crippen LogP contribution in [0.3, 0.4) is 0 Å². The number of nitrogens with two attached hydrogens (primary N) is 1. The Balaban J connectivity index is 1.64. The predicted octanol–water partition coefficient (Wildman–Crippen LogP) is 1.49. The van der Waals surface area contributed by atoms with Crippen LogP contribution in [-0.2, 0) is 22.9 Å². The van der Waals surface area contributed by atoms with E-state index < -0.39 is 37.5 Å². The number of nitrogen functional groups attached to an aromatic ring is 1. The van der Waals surface area contributed by atoms with Crippen LogP contribution in [0.4, 0.5) is 5.82 Å². The van der Waals surface area contributed by atoms with Crippen LogP contribution in [0.5, 0.6) is 0 Å². The molecule has 10 nitrogen and oxygen atoms in total. The fraction of sp³-hybridized carbons (Fsp3) is 0.667. The normalized spacial score (nSPS) is 39.8.